The number of ether oxygens (including phenoxy) is 1. The highest BCUT2D eigenvalue weighted by atomic mass is 32.3. The Morgan fingerprint density at radius 3 is 1.55 bits per heavy atom. The van der Waals surface area contributed by atoms with Crippen molar-refractivity contribution in [2.45, 2.75) is 26.5 Å². The zero-order valence-electron chi connectivity index (χ0n) is 20.4. The van der Waals surface area contributed by atoms with Gasteiger partial charge in [-0.15, -0.1) is 0 Å². The van der Waals surface area contributed by atoms with E-state index < -0.39 is 51.9 Å². The molecule has 9 heteroatoms. The largest absolute Gasteiger partial charge is 0.497 e. The summed E-state index contributed by atoms with van der Waals surface area (Å²) < 4.78 is 74.9. The van der Waals surface area contributed by atoms with Gasteiger partial charge in [0.05, 0.1) is 22.8 Å². The minimum absolute atomic E-state index is 0.0517. The van der Waals surface area contributed by atoms with E-state index in [1.807, 2.05) is 0 Å². The summed E-state index contributed by atoms with van der Waals surface area (Å²) in [6.45, 7) is 0. The first kappa shape index (κ1) is 27.2. The van der Waals surface area contributed by atoms with Crippen LogP contribution in [-0.4, -0.2) is 34.1 Å². The summed E-state index contributed by atoms with van der Waals surface area (Å²) in [7, 11) is -8.98. The number of sulfone groups is 2. The van der Waals surface area contributed by atoms with E-state index in [-0.39, 0.29) is 11.1 Å². The van der Waals surface area contributed by atoms with Gasteiger partial charge in [-0.1, -0.05) is 66.7 Å². The molecule has 0 aliphatic rings. The van der Waals surface area contributed by atoms with Gasteiger partial charge >= 0.3 is 4.33 Å². The van der Waals surface area contributed by atoms with Crippen molar-refractivity contribution in [3.8, 4) is 5.75 Å². The second kappa shape index (κ2) is 10.9. The lowest BCUT2D eigenvalue weighted by Gasteiger charge is -2.33. The Hall–Kier alpha value is -3.82. The summed E-state index contributed by atoms with van der Waals surface area (Å²) in [5, 5.41) is 0. The fraction of sp³-hybridized carbons (Fsp3) is 0.138. The van der Waals surface area contributed by atoms with Crippen LogP contribution in [0.2, 0.25) is 0 Å². The number of rotatable bonds is 10. The van der Waals surface area contributed by atoms with Crippen molar-refractivity contribution in [1.82, 2.24) is 0 Å². The van der Waals surface area contributed by atoms with E-state index in [0.29, 0.717) is 5.75 Å². The van der Waals surface area contributed by atoms with Crippen molar-refractivity contribution >= 4 is 25.5 Å². The molecule has 4 aromatic rings. The molecule has 0 bridgehead atoms. The lowest BCUT2D eigenvalue weighted by molar-refractivity contribution is 0.0960. The van der Waals surface area contributed by atoms with Crippen molar-refractivity contribution in [2.75, 3.05) is 7.11 Å². The maximum absolute atomic E-state index is 17.7. The molecule has 196 valence electrons. The number of hydrogen-bond acceptors (Lipinski definition) is 6. The summed E-state index contributed by atoms with van der Waals surface area (Å²) in [4.78, 5) is 12.4. The third-order valence-electron chi connectivity index (χ3n) is 6.26. The first-order valence-corrected chi connectivity index (χ1v) is 14.6. The highest BCUT2D eigenvalue weighted by Gasteiger charge is 2.63. The first-order valence-electron chi connectivity index (χ1n) is 11.6. The molecule has 0 saturated carbocycles. The van der Waals surface area contributed by atoms with E-state index >= 15 is 4.39 Å². The lowest BCUT2D eigenvalue weighted by Crippen LogP contribution is -2.48. The van der Waals surface area contributed by atoms with E-state index in [1.165, 1.54) is 92.0 Å². The smallest absolute Gasteiger partial charge is 0.324 e. The molecule has 0 fully saturated rings. The molecule has 0 N–H and O–H groups in total. The van der Waals surface area contributed by atoms with Gasteiger partial charge in [-0.3, -0.25) is 4.79 Å². The van der Waals surface area contributed by atoms with E-state index in [1.54, 1.807) is 6.07 Å². The summed E-state index contributed by atoms with van der Waals surface area (Å²) in [6, 6.07) is 26.6. The number of Topliss-reactive ketones (excluding diaryl/α,β-unsaturated/α-hetero) is 1. The Kier molecular flexibility index (Phi) is 7.80. The number of carbonyl (C=O) groups excluding carboxylic acids is 1. The second-order valence-electron chi connectivity index (χ2n) is 8.53. The van der Waals surface area contributed by atoms with Crippen molar-refractivity contribution < 1.29 is 30.8 Å². The van der Waals surface area contributed by atoms with E-state index in [9.17, 15) is 21.6 Å². The molecule has 4 rings (SSSR count). The minimum atomic E-state index is -5.22. The van der Waals surface area contributed by atoms with Crippen LogP contribution in [-0.2, 0) is 19.7 Å². The Bertz CT molecular complexity index is 1540. The molecule has 0 radical (unpaired) electrons. The van der Waals surface area contributed by atoms with Crippen LogP contribution in [0.3, 0.4) is 0 Å². The average Bonchev–Trinajstić information content (AvgIpc) is 2.96. The molecule has 0 saturated heterocycles. The fourth-order valence-corrected chi connectivity index (χ4v) is 8.84. The van der Waals surface area contributed by atoms with Gasteiger partial charge in [0.1, 0.15) is 5.75 Å². The molecule has 0 amide bonds. The standard InChI is InChI=1S/C29H25FO6S2/c1-36-24-19-17-23(18-20-24)28(31)21-27(22-11-5-2-6-12-22)29(30,37(32,33)25-13-7-3-8-14-25)38(34,35)26-15-9-4-10-16-26/h2-20,27H,21H2,1H3. The van der Waals surface area contributed by atoms with Crippen LogP contribution < -0.4 is 4.74 Å². The van der Waals surface area contributed by atoms with Crippen LogP contribution in [0.25, 0.3) is 0 Å². The van der Waals surface area contributed by atoms with Crippen molar-refractivity contribution in [3.05, 3.63) is 126 Å². The van der Waals surface area contributed by atoms with Crippen molar-refractivity contribution in [1.29, 1.82) is 0 Å². The number of methoxy groups -OCH3 is 1. The highest BCUT2D eigenvalue weighted by molar-refractivity contribution is 8.10. The summed E-state index contributed by atoms with van der Waals surface area (Å²) in [5.74, 6) is -2.04. The van der Waals surface area contributed by atoms with Gasteiger partial charge < -0.3 is 4.74 Å². The monoisotopic (exact) mass is 552 g/mol. The maximum Gasteiger partial charge on any atom is 0.324 e. The molecular formula is C29H25FO6S2. The quantitative estimate of drug-likeness (QED) is 0.237. The lowest BCUT2D eigenvalue weighted by atomic mass is 9.92. The predicted molar refractivity (Wildman–Crippen MR) is 142 cm³/mol. The third kappa shape index (κ3) is 4.87. The normalized spacial score (nSPS) is 13.0. The Balaban J connectivity index is 1.97. The summed E-state index contributed by atoms with van der Waals surface area (Å²) >= 11 is 0. The third-order valence-corrected chi connectivity index (χ3v) is 11.4. The zero-order valence-corrected chi connectivity index (χ0v) is 22.0. The van der Waals surface area contributed by atoms with Gasteiger partial charge in [0, 0.05) is 12.0 Å². The molecule has 0 heterocycles. The molecule has 6 nitrogen and oxygen atoms in total. The highest BCUT2D eigenvalue weighted by Crippen LogP contribution is 2.49. The van der Waals surface area contributed by atoms with Crippen LogP contribution in [0.1, 0.15) is 28.3 Å². The molecule has 0 aromatic heterocycles. The predicted octanol–water partition coefficient (Wildman–Crippen LogP) is 5.62. The molecule has 4 aromatic carbocycles. The zero-order chi connectivity index (χ0) is 27.4. The summed E-state index contributed by atoms with van der Waals surface area (Å²) in [5.41, 5.74) is 0.208. The Morgan fingerprint density at radius 1 is 0.711 bits per heavy atom. The van der Waals surface area contributed by atoms with Crippen molar-refractivity contribution in [3.63, 3.8) is 0 Å². The number of ketones is 1. The Morgan fingerprint density at radius 2 is 1.13 bits per heavy atom. The summed E-state index contributed by atoms with van der Waals surface area (Å²) in [6.07, 6.45) is -0.731. The van der Waals surface area contributed by atoms with Crippen molar-refractivity contribution in [2.24, 2.45) is 0 Å². The number of benzene rings is 4. The maximum atomic E-state index is 17.7. The molecule has 0 aliphatic carbocycles. The number of carbonyl (C=O) groups is 1. The van der Waals surface area contributed by atoms with Gasteiger partial charge in [0.15, 0.2) is 5.78 Å². The van der Waals surface area contributed by atoms with E-state index in [2.05, 4.69) is 0 Å². The van der Waals surface area contributed by atoms with Crippen LogP contribution in [0.15, 0.2) is 125 Å². The van der Waals surface area contributed by atoms with Gasteiger partial charge in [-0.2, -0.15) is 0 Å². The second-order valence-corrected chi connectivity index (χ2v) is 12.9. The minimum Gasteiger partial charge on any atom is -0.497 e. The van der Waals surface area contributed by atoms with Gasteiger partial charge in [0.25, 0.3) is 0 Å². The van der Waals surface area contributed by atoms with Crippen LogP contribution >= 0.6 is 0 Å². The van der Waals surface area contributed by atoms with Crippen LogP contribution in [0.5, 0.6) is 5.75 Å². The topological polar surface area (TPSA) is 94.6 Å². The molecule has 38 heavy (non-hydrogen) atoms. The number of halogens is 1. The molecule has 1 unspecified atom stereocenters. The fourth-order valence-electron chi connectivity index (χ4n) is 4.24. The number of alkyl halides is 1. The average molecular weight is 553 g/mol. The van der Waals surface area contributed by atoms with Crippen LogP contribution in [0, 0.1) is 0 Å². The van der Waals surface area contributed by atoms with Crippen LogP contribution in [0.4, 0.5) is 4.39 Å². The molecule has 0 aliphatic heterocycles. The SMILES string of the molecule is COc1ccc(C(=O)CC(c2ccccc2)C(F)(S(=O)(=O)c2ccccc2)S(=O)(=O)c2ccccc2)cc1. The van der Waals surface area contributed by atoms with E-state index in [0.717, 1.165) is 24.3 Å². The Labute approximate surface area is 221 Å². The number of hydrogen-bond donors (Lipinski definition) is 0. The molecule has 0 spiro atoms. The first-order chi connectivity index (χ1) is 18.1. The van der Waals surface area contributed by atoms with Gasteiger partial charge in [-0.25, -0.2) is 21.2 Å². The molecule has 1 atom stereocenters. The van der Waals surface area contributed by atoms with Gasteiger partial charge in [-0.05, 0) is 54.1 Å². The van der Waals surface area contributed by atoms with Gasteiger partial charge in [0.2, 0.25) is 19.7 Å². The molecular weight excluding hydrogens is 527 g/mol. The van der Waals surface area contributed by atoms with E-state index in [4.69, 9.17) is 4.74 Å².